The molecule has 0 amide bonds. The van der Waals surface area contributed by atoms with Gasteiger partial charge in [-0.05, 0) is 37.9 Å². The average molecular weight is 244 g/mol. The fourth-order valence-electron chi connectivity index (χ4n) is 3.34. The van der Waals surface area contributed by atoms with Crippen molar-refractivity contribution in [2.75, 3.05) is 14.2 Å². The Morgan fingerprint density at radius 3 is 2.94 bits per heavy atom. The Morgan fingerprint density at radius 1 is 1.39 bits per heavy atom. The highest BCUT2D eigenvalue weighted by Crippen LogP contribution is 2.39. The molecular weight excluding hydrogens is 224 g/mol. The third-order valence-electron chi connectivity index (χ3n) is 4.15. The number of ether oxygens (including phenoxy) is 1. The zero-order valence-electron chi connectivity index (χ0n) is 11.3. The molecule has 3 rings (SSSR count). The van der Waals surface area contributed by atoms with Crippen LogP contribution in [-0.2, 0) is 13.5 Å². The summed E-state index contributed by atoms with van der Waals surface area (Å²) in [6.07, 6.45) is 3.66. The molecule has 2 aromatic rings. The molecule has 0 bridgehead atoms. The first-order valence-corrected chi connectivity index (χ1v) is 6.59. The van der Waals surface area contributed by atoms with E-state index >= 15 is 0 Å². The van der Waals surface area contributed by atoms with Gasteiger partial charge in [0, 0.05) is 24.2 Å². The van der Waals surface area contributed by atoms with E-state index in [0.29, 0.717) is 6.04 Å². The van der Waals surface area contributed by atoms with Crippen molar-refractivity contribution in [3.8, 4) is 5.75 Å². The molecule has 1 unspecified atom stereocenters. The van der Waals surface area contributed by atoms with Gasteiger partial charge in [-0.3, -0.25) is 0 Å². The zero-order valence-corrected chi connectivity index (χ0v) is 11.3. The Hall–Kier alpha value is -1.48. The van der Waals surface area contributed by atoms with E-state index < -0.39 is 0 Å². The van der Waals surface area contributed by atoms with Crippen LogP contribution in [0.3, 0.4) is 0 Å². The van der Waals surface area contributed by atoms with Crippen molar-refractivity contribution >= 4 is 10.9 Å². The number of methoxy groups -OCH3 is 1. The molecule has 96 valence electrons. The molecule has 0 spiro atoms. The SMILES string of the molecule is CNC1CCCc2c1n(C)c1c(OC)cccc21. The van der Waals surface area contributed by atoms with Gasteiger partial charge in [0.25, 0.3) is 0 Å². The van der Waals surface area contributed by atoms with Crippen LogP contribution < -0.4 is 10.1 Å². The maximum absolute atomic E-state index is 5.51. The van der Waals surface area contributed by atoms with Crippen LogP contribution in [0.5, 0.6) is 5.75 Å². The molecule has 18 heavy (non-hydrogen) atoms. The molecule has 1 aliphatic rings. The Kier molecular flexibility index (Phi) is 2.78. The summed E-state index contributed by atoms with van der Waals surface area (Å²) in [6.45, 7) is 0. The van der Waals surface area contributed by atoms with E-state index in [9.17, 15) is 0 Å². The minimum absolute atomic E-state index is 0.468. The number of hydrogen-bond donors (Lipinski definition) is 1. The highest BCUT2D eigenvalue weighted by molar-refractivity contribution is 5.90. The lowest BCUT2D eigenvalue weighted by Gasteiger charge is -2.24. The van der Waals surface area contributed by atoms with Gasteiger partial charge in [0.05, 0.1) is 12.6 Å². The molecule has 0 fully saturated rings. The first-order chi connectivity index (χ1) is 8.77. The van der Waals surface area contributed by atoms with Crippen molar-refractivity contribution in [2.45, 2.75) is 25.3 Å². The lowest BCUT2D eigenvalue weighted by atomic mass is 9.92. The third kappa shape index (κ3) is 1.47. The molecular formula is C15H20N2O. The number of hydrogen-bond acceptors (Lipinski definition) is 2. The molecule has 1 atom stereocenters. The van der Waals surface area contributed by atoms with Crippen molar-refractivity contribution < 1.29 is 4.74 Å². The maximum Gasteiger partial charge on any atom is 0.143 e. The number of para-hydroxylation sites is 1. The van der Waals surface area contributed by atoms with Gasteiger partial charge < -0.3 is 14.6 Å². The van der Waals surface area contributed by atoms with Crippen molar-refractivity contribution in [3.05, 3.63) is 29.5 Å². The van der Waals surface area contributed by atoms with Crippen LogP contribution >= 0.6 is 0 Å². The monoisotopic (exact) mass is 244 g/mol. The Balaban J connectivity index is 2.34. The minimum Gasteiger partial charge on any atom is -0.495 e. The number of nitrogens with one attached hydrogen (secondary N) is 1. The number of benzene rings is 1. The Labute approximate surface area is 108 Å². The molecule has 0 saturated heterocycles. The summed E-state index contributed by atoms with van der Waals surface area (Å²) >= 11 is 0. The summed E-state index contributed by atoms with van der Waals surface area (Å²) in [5.41, 5.74) is 4.16. The average Bonchev–Trinajstić information content (AvgIpc) is 2.73. The largest absolute Gasteiger partial charge is 0.495 e. The number of aromatic nitrogens is 1. The fraction of sp³-hybridized carbons (Fsp3) is 0.467. The first kappa shape index (κ1) is 11.6. The van der Waals surface area contributed by atoms with Gasteiger partial charge in [0.15, 0.2) is 0 Å². The Bertz CT molecular complexity index is 586. The van der Waals surface area contributed by atoms with Crippen molar-refractivity contribution in [3.63, 3.8) is 0 Å². The van der Waals surface area contributed by atoms with Gasteiger partial charge in [-0.25, -0.2) is 0 Å². The summed E-state index contributed by atoms with van der Waals surface area (Å²) < 4.78 is 7.82. The topological polar surface area (TPSA) is 26.2 Å². The van der Waals surface area contributed by atoms with E-state index in [1.54, 1.807) is 7.11 Å². The summed E-state index contributed by atoms with van der Waals surface area (Å²) in [5.74, 6) is 0.972. The van der Waals surface area contributed by atoms with Crippen LogP contribution in [0.25, 0.3) is 10.9 Å². The summed E-state index contributed by atoms with van der Waals surface area (Å²) in [4.78, 5) is 0. The number of fused-ring (bicyclic) bond motifs is 3. The summed E-state index contributed by atoms with van der Waals surface area (Å²) in [5, 5.41) is 4.79. The highest BCUT2D eigenvalue weighted by Gasteiger charge is 2.26. The van der Waals surface area contributed by atoms with Crippen LogP contribution in [0, 0.1) is 0 Å². The molecule has 1 aromatic carbocycles. The van der Waals surface area contributed by atoms with Crippen molar-refractivity contribution in [1.82, 2.24) is 9.88 Å². The van der Waals surface area contributed by atoms with Gasteiger partial charge in [0.2, 0.25) is 0 Å². The zero-order chi connectivity index (χ0) is 12.7. The second-order valence-electron chi connectivity index (χ2n) is 5.01. The molecule has 3 heteroatoms. The molecule has 1 heterocycles. The van der Waals surface area contributed by atoms with Crippen LogP contribution in [0.15, 0.2) is 18.2 Å². The lowest BCUT2D eigenvalue weighted by Crippen LogP contribution is -2.23. The highest BCUT2D eigenvalue weighted by atomic mass is 16.5. The molecule has 3 nitrogen and oxygen atoms in total. The van der Waals surface area contributed by atoms with Crippen LogP contribution in [0.4, 0.5) is 0 Å². The normalized spacial score (nSPS) is 18.9. The van der Waals surface area contributed by atoms with E-state index in [1.807, 2.05) is 6.07 Å². The molecule has 0 saturated carbocycles. The first-order valence-electron chi connectivity index (χ1n) is 6.59. The molecule has 1 aromatic heterocycles. The smallest absolute Gasteiger partial charge is 0.143 e. The van der Waals surface area contributed by atoms with Gasteiger partial charge in [-0.1, -0.05) is 12.1 Å². The lowest BCUT2D eigenvalue weighted by molar-refractivity contribution is 0.417. The molecule has 1 N–H and O–H groups in total. The van der Waals surface area contributed by atoms with E-state index in [1.165, 1.54) is 41.4 Å². The summed E-state index contributed by atoms with van der Waals surface area (Å²) in [6, 6.07) is 6.82. The van der Waals surface area contributed by atoms with Crippen LogP contribution in [-0.4, -0.2) is 18.7 Å². The van der Waals surface area contributed by atoms with E-state index in [0.717, 1.165) is 5.75 Å². The number of aryl methyl sites for hydroxylation is 2. The predicted molar refractivity (Wildman–Crippen MR) is 74.2 cm³/mol. The third-order valence-corrected chi connectivity index (χ3v) is 4.15. The molecule has 0 radical (unpaired) electrons. The van der Waals surface area contributed by atoms with Gasteiger partial charge in [0.1, 0.15) is 5.75 Å². The summed E-state index contributed by atoms with van der Waals surface area (Å²) in [7, 11) is 5.95. The Morgan fingerprint density at radius 2 is 2.22 bits per heavy atom. The van der Waals surface area contributed by atoms with Crippen molar-refractivity contribution in [1.29, 1.82) is 0 Å². The fourth-order valence-corrected chi connectivity index (χ4v) is 3.34. The van der Waals surface area contributed by atoms with E-state index in [-0.39, 0.29) is 0 Å². The second-order valence-corrected chi connectivity index (χ2v) is 5.01. The maximum atomic E-state index is 5.51. The quantitative estimate of drug-likeness (QED) is 0.879. The number of rotatable bonds is 2. The van der Waals surface area contributed by atoms with Gasteiger partial charge >= 0.3 is 0 Å². The second kappa shape index (κ2) is 4.32. The van der Waals surface area contributed by atoms with Crippen LogP contribution in [0.1, 0.15) is 30.1 Å². The number of nitrogens with zero attached hydrogens (tertiary/aromatic N) is 1. The van der Waals surface area contributed by atoms with E-state index in [2.05, 4.69) is 36.1 Å². The van der Waals surface area contributed by atoms with E-state index in [4.69, 9.17) is 4.74 Å². The molecule has 1 aliphatic carbocycles. The van der Waals surface area contributed by atoms with Crippen molar-refractivity contribution in [2.24, 2.45) is 7.05 Å². The standard InChI is InChI=1S/C15H20N2O/c1-16-12-8-4-6-10-11-7-5-9-13(18-3)15(11)17(2)14(10)12/h5,7,9,12,16H,4,6,8H2,1-3H3. The minimum atomic E-state index is 0.468. The van der Waals surface area contributed by atoms with Gasteiger partial charge in [-0.15, -0.1) is 0 Å². The van der Waals surface area contributed by atoms with Crippen LogP contribution in [0.2, 0.25) is 0 Å². The molecule has 0 aliphatic heterocycles. The van der Waals surface area contributed by atoms with Gasteiger partial charge in [-0.2, -0.15) is 0 Å². The predicted octanol–water partition coefficient (Wildman–Crippen LogP) is 2.78.